The first-order valence-electron chi connectivity index (χ1n) is 5.95. The molecule has 0 atom stereocenters. The second-order valence-electron chi connectivity index (χ2n) is 4.16. The van der Waals surface area contributed by atoms with Crippen molar-refractivity contribution in [2.75, 3.05) is 6.54 Å². The van der Waals surface area contributed by atoms with E-state index in [1.807, 2.05) is 6.92 Å². The molecule has 19 heavy (non-hydrogen) atoms. The number of nitrogens with zero attached hydrogens (tertiary/aromatic N) is 3. The monoisotopic (exact) mass is 347 g/mol. The van der Waals surface area contributed by atoms with Crippen molar-refractivity contribution in [3.8, 4) is 0 Å². The van der Waals surface area contributed by atoms with Gasteiger partial charge in [-0.15, -0.1) is 0 Å². The molecule has 3 N–H and O–H groups in total. The molecule has 6 nitrogen and oxygen atoms in total. The van der Waals surface area contributed by atoms with Gasteiger partial charge >= 0.3 is 0 Å². The molecular weight excluding hydrogens is 330 g/mol. The van der Waals surface area contributed by atoms with Crippen LogP contribution in [0.3, 0.4) is 0 Å². The van der Waals surface area contributed by atoms with Gasteiger partial charge in [0.25, 0.3) is 5.91 Å². The van der Waals surface area contributed by atoms with E-state index in [0.717, 1.165) is 18.5 Å². The number of halogens is 1. The fourth-order valence-electron chi connectivity index (χ4n) is 1.44. The number of hydrogen-bond acceptors (Lipinski definition) is 3. The Labute approximate surface area is 126 Å². The molecule has 0 aromatic carbocycles. The lowest BCUT2D eigenvalue weighted by molar-refractivity contribution is 0.0863. The number of aromatic nitrogens is 2. The third-order valence-corrected chi connectivity index (χ3v) is 3.88. The second kappa shape index (κ2) is 6.85. The zero-order valence-corrected chi connectivity index (χ0v) is 13.6. The van der Waals surface area contributed by atoms with Gasteiger partial charge in [0, 0.05) is 13.6 Å². The highest BCUT2D eigenvalue weighted by molar-refractivity contribution is 9.10. The van der Waals surface area contributed by atoms with E-state index in [2.05, 4.69) is 33.4 Å². The molecule has 0 aliphatic carbocycles. The summed E-state index contributed by atoms with van der Waals surface area (Å²) in [5.41, 5.74) is 9.45. The van der Waals surface area contributed by atoms with E-state index >= 15 is 0 Å². The van der Waals surface area contributed by atoms with Gasteiger partial charge in [0.2, 0.25) is 0 Å². The van der Waals surface area contributed by atoms with Crippen LogP contribution in [0, 0.1) is 6.92 Å². The van der Waals surface area contributed by atoms with Gasteiger partial charge in [-0.3, -0.25) is 19.9 Å². The molecule has 0 bridgehead atoms. The lowest BCUT2D eigenvalue weighted by Gasteiger charge is -2.22. The summed E-state index contributed by atoms with van der Waals surface area (Å²) in [4.78, 5) is 12.1. The van der Waals surface area contributed by atoms with E-state index in [4.69, 9.17) is 18.0 Å². The molecule has 1 heterocycles. The van der Waals surface area contributed by atoms with Crippen LogP contribution in [0.2, 0.25) is 0 Å². The van der Waals surface area contributed by atoms with Crippen LogP contribution in [0.5, 0.6) is 0 Å². The minimum Gasteiger partial charge on any atom is -0.375 e. The van der Waals surface area contributed by atoms with Crippen molar-refractivity contribution < 1.29 is 4.79 Å². The van der Waals surface area contributed by atoms with Gasteiger partial charge < -0.3 is 5.73 Å². The summed E-state index contributed by atoms with van der Waals surface area (Å²) < 4.78 is 2.31. The SMILES string of the molecule is CCCCN(NC(=O)c1nn(C)c(C)c1Br)C(N)=S. The molecule has 1 amide bonds. The Morgan fingerprint density at radius 1 is 1.63 bits per heavy atom. The Bertz CT molecular complexity index is 488. The Morgan fingerprint density at radius 2 is 2.26 bits per heavy atom. The minimum atomic E-state index is -0.334. The quantitative estimate of drug-likeness (QED) is 0.637. The van der Waals surface area contributed by atoms with Crippen molar-refractivity contribution in [1.29, 1.82) is 0 Å². The number of carbonyl (C=O) groups is 1. The summed E-state index contributed by atoms with van der Waals surface area (Å²) in [6, 6.07) is 0. The van der Waals surface area contributed by atoms with E-state index in [9.17, 15) is 4.79 Å². The average Bonchev–Trinajstić information content (AvgIpc) is 2.61. The van der Waals surface area contributed by atoms with Crippen LogP contribution in [0.15, 0.2) is 4.47 Å². The first-order chi connectivity index (χ1) is 8.88. The predicted molar refractivity (Wildman–Crippen MR) is 81.5 cm³/mol. The maximum Gasteiger partial charge on any atom is 0.291 e. The molecule has 0 fully saturated rings. The highest BCUT2D eigenvalue weighted by atomic mass is 79.9. The van der Waals surface area contributed by atoms with Crippen LogP contribution < -0.4 is 11.2 Å². The van der Waals surface area contributed by atoms with Crippen LogP contribution >= 0.6 is 28.1 Å². The number of rotatable bonds is 4. The van der Waals surface area contributed by atoms with Crippen LogP contribution in [0.1, 0.15) is 35.9 Å². The van der Waals surface area contributed by atoms with E-state index < -0.39 is 0 Å². The predicted octanol–water partition coefficient (Wildman–Crippen LogP) is 1.48. The van der Waals surface area contributed by atoms with Crippen molar-refractivity contribution in [3.63, 3.8) is 0 Å². The topological polar surface area (TPSA) is 76.2 Å². The molecule has 0 aliphatic heterocycles. The van der Waals surface area contributed by atoms with Crippen LogP contribution in [-0.4, -0.2) is 32.4 Å². The summed E-state index contributed by atoms with van der Waals surface area (Å²) in [6.07, 6.45) is 1.88. The number of hydrazine groups is 1. The fraction of sp³-hybridized carbons (Fsp3) is 0.545. The number of hydrogen-bond donors (Lipinski definition) is 2. The van der Waals surface area contributed by atoms with Gasteiger partial charge in [-0.1, -0.05) is 13.3 Å². The van der Waals surface area contributed by atoms with Gasteiger partial charge in [0.05, 0.1) is 10.2 Å². The minimum absolute atomic E-state index is 0.144. The number of amides is 1. The van der Waals surface area contributed by atoms with Gasteiger partial charge in [0.1, 0.15) is 0 Å². The number of nitrogens with one attached hydrogen (secondary N) is 1. The summed E-state index contributed by atoms with van der Waals surface area (Å²) in [7, 11) is 1.78. The zero-order valence-electron chi connectivity index (χ0n) is 11.2. The van der Waals surface area contributed by atoms with Crippen LogP contribution in [0.25, 0.3) is 0 Å². The first-order valence-corrected chi connectivity index (χ1v) is 7.15. The average molecular weight is 348 g/mol. The van der Waals surface area contributed by atoms with Gasteiger partial charge in [-0.2, -0.15) is 5.10 Å². The van der Waals surface area contributed by atoms with E-state index in [1.165, 1.54) is 5.01 Å². The summed E-state index contributed by atoms with van der Waals surface area (Å²) in [5, 5.41) is 5.76. The standard InChI is InChI=1S/C11H18BrN5OS/c1-4-5-6-17(11(13)19)15-10(18)9-8(12)7(2)16(3)14-9/h4-6H2,1-3H3,(H2,13,19)(H,15,18). The molecular formula is C11H18BrN5OS. The molecule has 1 rings (SSSR count). The molecule has 8 heteroatoms. The van der Waals surface area contributed by atoms with Crippen molar-refractivity contribution in [3.05, 3.63) is 15.9 Å². The molecule has 0 aliphatic rings. The molecule has 1 aromatic rings. The highest BCUT2D eigenvalue weighted by Gasteiger charge is 2.20. The van der Waals surface area contributed by atoms with E-state index in [-0.39, 0.29) is 11.0 Å². The Balaban J connectivity index is 2.81. The van der Waals surface area contributed by atoms with Gasteiger partial charge in [0.15, 0.2) is 10.8 Å². The Morgan fingerprint density at radius 3 is 2.68 bits per heavy atom. The van der Waals surface area contributed by atoms with E-state index in [1.54, 1.807) is 11.7 Å². The summed E-state index contributed by atoms with van der Waals surface area (Å²) in [5.74, 6) is -0.334. The molecule has 0 saturated heterocycles. The van der Waals surface area contributed by atoms with Gasteiger partial charge in [-0.05, 0) is 41.5 Å². The largest absolute Gasteiger partial charge is 0.375 e. The van der Waals surface area contributed by atoms with Crippen molar-refractivity contribution in [1.82, 2.24) is 20.2 Å². The Hall–Kier alpha value is -1.15. The van der Waals surface area contributed by atoms with Crippen molar-refractivity contribution in [2.45, 2.75) is 26.7 Å². The number of thiocarbonyl (C=S) groups is 1. The maximum absolute atomic E-state index is 12.1. The third kappa shape index (κ3) is 3.90. The number of nitrogens with two attached hydrogens (primary N) is 1. The van der Waals surface area contributed by atoms with Crippen molar-refractivity contribution in [2.24, 2.45) is 12.8 Å². The smallest absolute Gasteiger partial charge is 0.291 e. The third-order valence-electron chi connectivity index (χ3n) is 2.71. The molecule has 0 saturated carbocycles. The van der Waals surface area contributed by atoms with Crippen LogP contribution in [0.4, 0.5) is 0 Å². The van der Waals surface area contributed by atoms with Gasteiger partial charge in [-0.25, -0.2) is 0 Å². The van der Waals surface area contributed by atoms with Crippen LogP contribution in [-0.2, 0) is 7.05 Å². The van der Waals surface area contributed by atoms with Crippen molar-refractivity contribution >= 4 is 39.2 Å². The fourth-order valence-corrected chi connectivity index (χ4v) is 2.09. The summed E-state index contributed by atoms with van der Waals surface area (Å²) >= 11 is 8.27. The number of aryl methyl sites for hydroxylation is 1. The molecule has 0 radical (unpaired) electrons. The zero-order chi connectivity index (χ0) is 14.6. The summed E-state index contributed by atoms with van der Waals surface area (Å²) in [6.45, 7) is 4.51. The Kier molecular flexibility index (Phi) is 5.74. The highest BCUT2D eigenvalue weighted by Crippen LogP contribution is 2.19. The number of carbonyl (C=O) groups excluding carboxylic acids is 1. The first kappa shape index (κ1) is 15.9. The molecule has 1 aromatic heterocycles. The normalized spacial score (nSPS) is 10.3. The molecule has 0 spiro atoms. The molecule has 0 unspecified atom stereocenters. The maximum atomic E-state index is 12.1. The second-order valence-corrected chi connectivity index (χ2v) is 5.37. The lowest BCUT2D eigenvalue weighted by atomic mass is 10.3. The van der Waals surface area contributed by atoms with E-state index in [0.29, 0.717) is 16.7 Å². The number of unbranched alkanes of at least 4 members (excludes halogenated alkanes) is 1. The molecule has 106 valence electrons. The lowest BCUT2D eigenvalue weighted by Crippen LogP contribution is -2.49.